The molecule has 0 bridgehead atoms. The zero-order valence-electron chi connectivity index (χ0n) is 14.5. The number of rotatable bonds is 5. The second kappa shape index (κ2) is 9.57. The van der Waals surface area contributed by atoms with Crippen LogP contribution < -0.4 is 5.32 Å². The Labute approximate surface area is 162 Å². The lowest BCUT2D eigenvalue weighted by molar-refractivity contribution is 0.380. The first-order chi connectivity index (χ1) is 10.9. The fraction of sp³-hybridized carbons (Fsp3) is 0.562. The number of sulfonamides is 1. The summed E-state index contributed by atoms with van der Waals surface area (Å²) in [7, 11) is 0.585. The molecule has 1 fully saturated rings. The molecular weight excluding hydrogens is 439 g/mol. The molecule has 0 saturated carbocycles. The van der Waals surface area contributed by atoms with Crippen LogP contribution in [0.2, 0.25) is 0 Å². The molecule has 24 heavy (non-hydrogen) atoms. The maximum absolute atomic E-state index is 11.8. The lowest BCUT2D eigenvalue weighted by Crippen LogP contribution is -2.46. The van der Waals surface area contributed by atoms with Gasteiger partial charge in [-0.05, 0) is 18.4 Å². The summed E-state index contributed by atoms with van der Waals surface area (Å²) in [6, 6.07) is 10.2. The van der Waals surface area contributed by atoms with Crippen LogP contribution in [0.15, 0.2) is 35.3 Å². The molecule has 0 unspecified atom stereocenters. The van der Waals surface area contributed by atoms with Gasteiger partial charge < -0.3 is 10.2 Å². The summed E-state index contributed by atoms with van der Waals surface area (Å²) >= 11 is 0. The summed E-state index contributed by atoms with van der Waals surface area (Å²) < 4.78 is 25.2. The Morgan fingerprint density at radius 1 is 1.38 bits per heavy atom. The van der Waals surface area contributed by atoms with Crippen LogP contribution in [0.4, 0.5) is 0 Å². The van der Waals surface area contributed by atoms with E-state index >= 15 is 0 Å². The van der Waals surface area contributed by atoms with E-state index in [9.17, 15) is 8.42 Å². The third-order valence-electron chi connectivity index (χ3n) is 4.08. The Kier molecular flexibility index (Phi) is 8.44. The molecule has 1 saturated heterocycles. The van der Waals surface area contributed by atoms with Crippen molar-refractivity contribution in [2.24, 2.45) is 4.99 Å². The molecule has 1 aliphatic rings. The van der Waals surface area contributed by atoms with Gasteiger partial charge in [-0.2, -0.15) is 4.31 Å². The van der Waals surface area contributed by atoms with Crippen molar-refractivity contribution in [3.05, 3.63) is 35.9 Å². The molecule has 1 heterocycles. The Morgan fingerprint density at radius 3 is 2.62 bits per heavy atom. The van der Waals surface area contributed by atoms with Crippen molar-refractivity contribution in [1.29, 1.82) is 0 Å². The van der Waals surface area contributed by atoms with Crippen LogP contribution in [0, 0.1) is 0 Å². The van der Waals surface area contributed by atoms with Crippen LogP contribution in [0.3, 0.4) is 0 Å². The number of guanidine groups is 1. The van der Waals surface area contributed by atoms with Crippen LogP contribution in [0.1, 0.15) is 18.4 Å². The molecule has 2 rings (SSSR count). The van der Waals surface area contributed by atoms with Crippen LogP contribution in [-0.4, -0.2) is 63.1 Å². The fourth-order valence-corrected chi connectivity index (χ4v) is 4.16. The summed E-state index contributed by atoms with van der Waals surface area (Å²) in [5, 5.41) is 3.30. The van der Waals surface area contributed by atoms with Crippen LogP contribution in [-0.2, 0) is 16.6 Å². The maximum atomic E-state index is 11.8. The quantitative estimate of drug-likeness (QED) is 0.408. The predicted molar refractivity (Wildman–Crippen MR) is 109 cm³/mol. The second-order valence-corrected chi connectivity index (χ2v) is 7.87. The largest absolute Gasteiger partial charge is 0.355 e. The third-order valence-corrected chi connectivity index (χ3v) is 5.41. The minimum atomic E-state index is -3.14. The van der Waals surface area contributed by atoms with Gasteiger partial charge in [-0.15, -0.1) is 24.0 Å². The van der Waals surface area contributed by atoms with E-state index in [1.54, 1.807) is 11.4 Å². The number of hydrogen-bond acceptors (Lipinski definition) is 3. The van der Waals surface area contributed by atoms with Crippen molar-refractivity contribution in [2.45, 2.75) is 25.4 Å². The average Bonchev–Trinajstić information content (AvgIpc) is 2.97. The van der Waals surface area contributed by atoms with E-state index in [2.05, 4.69) is 22.4 Å². The number of nitrogens with one attached hydrogen (secondary N) is 1. The molecule has 6 nitrogen and oxygen atoms in total. The highest BCUT2D eigenvalue weighted by atomic mass is 127. The van der Waals surface area contributed by atoms with Crippen molar-refractivity contribution in [1.82, 2.24) is 14.5 Å². The molecule has 1 N–H and O–H groups in total. The summed E-state index contributed by atoms with van der Waals surface area (Å²) in [5.41, 5.74) is 1.21. The van der Waals surface area contributed by atoms with Crippen molar-refractivity contribution >= 4 is 40.0 Å². The van der Waals surface area contributed by atoms with Crippen molar-refractivity contribution in [3.8, 4) is 0 Å². The van der Waals surface area contributed by atoms with Crippen molar-refractivity contribution in [2.75, 3.05) is 33.4 Å². The Morgan fingerprint density at radius 2 is 2.04 bits per heavy atom. The van der Waals surface area contributed by atoms with Crippen LogP contribution in [0.5, 0.6) is 0 Å². The molecule has 0 aromatic heterocycles. The second-order valence-electron chi connectivity index (χ2n) is 5.94. The van der Waals surface area contributed by atoms with Crippen LogP contribution in [0.25, 0.3) is 0 Å². The minimum absolute atomic E-state index is 0. The molecule has 0 aliphatic carbocycles. The molecule has 136 valence electrons. The first kappa shape index (κ1) is 21.2. The number of halogens is 1. The van der Waals surface area contributed by atoms with Gasteiger partial charge in [0.05, 0.1) is 6.26 Å². The molecular formula is C16H27IN4O2S. The SMILES string of the molecule is CN=C(NC[C@H]1CCCN1S(C)(=O)=O)N(C)Cc1ccccc1.I. The number of benzene rings is 1. The first-order valence-corrected chi connectivity index (χ1v) is 9.69. The molecule has 1 aliphatic heterocycles. The Hall–Kier alpha value is -0.870. The normalized spacial score (nSPS) is 19.0. The molecule has 0 radical (unpaired) electrons. The topological polar surface area (TPSA) is 65.0 Å². The highest BCUT2D eigenvalue weighted by Gasteiger charge is 2.31. The highest BCUT2D eigenvalue weighted by molar-refractivity contribution is 14.0. The monoisotopic (exact) mass is 466 g/mol. The third kappa shape index (κ3) is 5.89. The van der Waals surface area contributed by atoms with Crippen LogP contribution >= 0.6 is 24.0 Å². The summed E-state index contributed by atoms with van der Waals surface area (Å²) in [6.45, 7) is 1.95. The number of aliphatic imine (C=N–C) groups is 1. The molecule has 0 amide bonds. The summed E-state index contributed by atoms with van der Waals surface area (Å²) in [6.07, 6.45) is 3.08. The van der Waals surface area contributed by atoms with E-state index in [0.29, 0.717) is 13.1 Å². The van der Waals surface area contributed by atoms with E-state index in [1.165, 1.54) is 11.8 Å². The molecule has 1 aromatic carbocycles. The molecule has 1 aromatic rings. The first-order valence-electron chi connectivity index (χ1n) is 7.84. The van der Waals surface area contributed by atoms with E-state index in [4.69, 9.17) is 0 Å². The van der Waals surface area contributed by atoms with E-state index in [1.807, 2.05) is 30.1 Å². The van der Waals surface area contributed by atoms with Crippen molar-refractivity contribution < 1.29 is 8.42 Å². The minimum Gasteiger partial charge on any atom is -0.355 e. The average molecular weight is 466 g/mol. The van der Waals surface area contributed by atoms with E-state index in [-0.39, 0.29) is 30.0 Å². The van der Waals surface area contributed by atoms with Gasteiger partial charge in [0.15, 0.2) is 5.96 Å². The fourth-order valence-electron chi connectivity index (χ4n) is 2.98. The van der Waals surface area contributed by atoms with Crippen molar-refractivity contribution in [3.63, 3.8) is 0 Å². The lowest BCUT2D eigenvalue weighted by atomic mass is 10.2. The van der Waals surface area contributed by atoms with Gasteiger partial charge in [0.2, 0.25) is 10.0 Å². The van der Waals surface area contributed by atoms with Gasteiger partial charge in [0.1, 0.15) is 0 Å². The smallest absolute Gasteiger partial charge is 0.211 e. The number of hydrogen-bond donors (Lipinski definition) is 1. The van der Waals surface area contributed by atoms with Gasteiger partial charge in [-0.3, -0.25) is 4.99 Å². The van der Waals surface area contributed by atoms with Gasteiger partial charge in [0.25, 0.3) is 0 Å². The predicted octanol–water partition coefficient (Wildman–Crippen LogP) is 1.74. The molecule has 8 heteroatoms. The lowest BCUT2D eigenvalue weighted by Gasteiger charge is -2.26. The van der Waals surface area contributed by atoms with Gasteiger partial charge in [0, 0.05) is 39.8 Å². The Bertz CT molecular complexity index is 637. The summed E-state index contributed by atoms with van der Waals surface area (Å²) in [5.74, 6) is 0.772. The van der Waals surface area contributed by atoms with Gasteiger partial charge >= 0.3 is 0 Å². The zero-order valence-corrected chi connectivity index (χ0v) is 17.6. The van der Waals surface area contributed by atoms with Gasteiger partial charge in [-0.1, -0.05) is 30.3 Å². The number of nitrogens with zero attached hydrogens (tertiary/aromatic N) is 3. The molecule has 0 spiro atoms. The van der Waals surface area contributed by atoms with Gasteiger partial charge in [-0.25, -0.2) is 8.42 Å². The standard InChI is InChI=1S/C16H26N4O2S.HI/c1-17-16(19(2)13-14-8-5-4-6-9-14)18-12-15-10-7-11-20(15)23(3,21)22;/h4-6,8-9,15H,7,10-13H2,1-3H3,(H,17,18);1H/t15-;/m1./s1. The molecule has 1 atom stereocenters. The Balaban J connectivity index is 0.00000288. The van der Waals surface area contributed by atoms with E-state index < -0.39 is 10.0 Å². The maximum Gasteiger partial charge on any atom is 0.211 e. The van der Waals surface area contributed by atoms with E-state index in [0.717, 1.165) is 25.3 Å². The summed E-state index contributed by atoms with van der Waals surface area (Å²) in [4.78, 5) is 6.33. The highest BCUT2D eigenvalue weighted by Crippen LogP contribution is 2.19. The zero-order chi connectivity index (χ0) is 16.9.